The van der Waals surface area contributed by atoms with Crippen molar-refractivity contribution < 1.29 is 0 Å². The van der Waals surface area contributed by atoms with Crippen LogP contribution in [0.15, 0.2) is 243 Å². The van der Waals surface area contributed by atoms with E-state index in [0.29, 0.717) is 0 Å². The molecule has 61 heavy (non-hydrogen) atoms. The van der Waals surface area contributed by atoms with Crippen molar-refractivity contribution in [3.63, 3.8) is 0 Å². The molecule has 0 fully saturated rings. The van der Waals surface area contributed by atoms with Crippen molar-refractivity contribution in [2.75, 3.05) is 4.90 Å². The Labute approximate surface area is 355 Å². The van der Waals surface area contributed by atoms with Gasteiger partial charge in [0.15, 0.2) is 0 Å². The molecule has 11 aromatic rings. The Morgan fingerprint density at radius 1 is 0.344 bits per heavy atom. The zero-order valence-corrected chi connectivity index (χ0v) is 33.5. The van der Waals surface area contributed by atoms with Crippen molar-refractivity contribution in [2.24, 2.45) is 0 Å². The maximum atomic E-state index is 2.49. The first-order valence-corrected chi connectivity index (χ1v) is 21.1. The van der Waals surface area contributed by atoms with Crippen LogP contribution in [-0.2, 0) is 5.41 Å². The van der Waals surface area contributed by atoms with E-state index in [4.69, 9.17) is 0 Å². The number of fused-ring (bicyclic) bond motifs is 7. The first-order chi connectivity index (χ1) is 30.3. The molecular formula is C59H40N2. The summed E-state index contributed by atoms with van der Waals surface area (Å²) in [5.74, 6) is 0. The summed E-state index contributed by atoms with van der Waals surface area (Å²) >= 11 is 0. The van der Waals surface area contributed by atoms with Crippen molar-refractivity contribution in [3.05, 3.63) is 265 Å². The molecule has 0 atom stereocenters. The van der Waals surface area contributed by atoms with Gasteiger partial charge in [0.05, 0.1) is 22.1 Å². The van der Waals surface area contributed by atoms with Crippen LogP contribution in [0.25, 0.3) is 60.5 Å². The van der Waals surface area contributed by atoms with Crippen LogP contribution in [0, 0.1) is 0 Å². The first kappa shape index (κ1) is 35.0. The van der Waals surface area contributed by atoms with Crippen LogP contribution in [0.1, 0.15) is 22.3 Å². The normalized spacial score (nSPS) is 12.7. The lowest BCUT2D eigenvalue weighted by molar-refractivity contribution is 0.769. The second kappa shape index (κ2) is 14.1. The maximum Gasteiger partial charge on any atom is 0.0714 e. The monoisotopic (exact) mass is 776 g/mol. The summed E-state index contributed by atoms with van der Waals surface area (Å²) in [6, 6.07) is 89.2. The third kappa shape index (κ3) is 5.43. The molecule has 1 aliphatic rings. The summed E-state index contributed by atoms with van der Waals surface area (Å²) in [7, 11) is 0. The number of hydrogen-bond donors (Lipinski definition) is 0. The van der Waals surface area contributed by atoms with Crippen LogP contribution < -0.4 is 4.90 Å². The van der Waals surface area contributed by atoms with E-state index in [1.807, 2.05) is 0 Å². The topological polar surface area (TPSA) is 8.17 Å². The molecule has 0 aliphatic heterocycles. The third-order valence-electron chi connectivity index (χ3n) is 12.8. The summed E-state index contributed by atoms with van der Waals surface area (Å²) in [4.78, 5) is 2.48. The van der Waals surface area contributed by atoms with E-state index >= 15 is 0 Å². The second-order valence-electron chi connectivity index (χ2n) is 16.1. The Morgan fingerprint density at radius 2 is 0.885 bits per heavy atom. The Kier molecular flexibility index (Phi) is 8.11. The molecule has 0 bridgehead atoms. The molecular weight excluding hydrogens is 737 g/mol. The number of para-hydroxylation sites is 3. The van der Waals surface area contributed by atoms with E-state index in [1.54, 1.807) is 0 Å². The summed E-state index contributed by atoms with van der Waals surface area (Å²) in [6.45, 7) is 0. The minimum Gasteiger partial charge on any atom is -0.310 e. The molecule has 2 nitrogen and oxygen atoms in total. The minimum atomic E-state index is -0.565. The average molecular weight is 777 g/mol. The van der Waals surface area contributed by atoms with E-state index in [0.717, 1.165) is 22.7 Å². The van der Waals surface area contributed by atoms with Crippen molar-refractivity contribution in [3.8, 4) is 27.9 Å². The number of nitrogens with zero attached hydrogens (tertiary/aromatic N) is 2. The van der Waals surface area contributed by atoms with Gasteiger partial charge in [0, 0.05) is 33.4 Å². The Bertz CT molecular complexity index is 3360. The lowest BCUT2D eigenvalue weighted by Crippen LogP contribution is -2.28. The van der Waals surface area contributed by atoms with Crippen LogP contribution in [-0.4, -0.2) is 4.57 Å². The molecule has 10 aromatic carbocycles. The highest BCUT2D eigenvalue weighted by Crippen LogP contribution is 2.58. The number of hydrogen-bond acceptors (Lipinski definition) is 1. The van der Waals surface area contributed by atoms with Gasteiger partial charge < -0.3 is 9.47 Å². The Morgan fingerprint density at radius 3 is 1.62 bits per heavy atom. The number of aromatic nitrogens is 1. The number of rotatable bonds is 7. The third-order valence-corrected chi connectivity index (χ3v) is 12.8. The molecule has 286 valence electrons. The van der Waals surface area contributed by atoms with E-state index < -0.39 is 5.41 Å². The average Bonchev–Trinajstić information content (AvgIpc) is 3.82. The summed E-state index contributed by atoms with van der Waals surface area (Å²) < 4.78 is 2.39. The lowest BCUT2D eigenvalue weighted by atomic mass is 9.67. The van der Waals surface area contributed by atoms with Crippen molar-refractivity contribution >= 4 is 49.6 Å². The lowest BCUT2D eigenvalue weighted by Gasteiger charge is -2.35. The van der Waals surface area contributed by atoms with Crippen LogP contribution in [0.2, 0.25) is 0 Å². The fourth-order valence-corrected chi connectivity index (χ4v) is 10.2. The number of benzene rings is 10. The minimum absolute atomic E-state index is 0.565. The van der Waals surface area contributed by atoms with Gasteiger partial charge in [0.2, 0.25) is 0 Å². The quantitative estimate of drug-likeness (QED) is 0.156. The van der Waals surface area contributed by atoms with Gasteiger partial charge >= 0.3 is 0 Å². The fourth-order valence-electron chi connectivity index (χ4n) is 10.2. The molecule has 2 heteroatoms. The van der Waals surface area contributed by atoms with Gasteiger partial charge in [-0.3, -0.25) is 0 Å². The largest absolute Gasteiger partial charge is 0.310 e. The summed E-state index contributed by atoms with van der Waals surface area (Å²) in [5, 5.41) is 4.92. The molecule has 0 saturated heterocycles. The standard InChI is InChI=1S/C59H40N2/c1-5-19-41(20-6-1)49-29-15-17-31-56(49)60(47-34-36-58-53(39-47)51-30-16-18-32-57(51)61(58)46-27-11-4-12-28-46)48-33-35-50-52-37-42-21-13-14-22-43(42)38-54(52)59(55(50)40-48,44-23-7-2-8-24-44)45-25-9-3-10-26-45/h1-40H. The van der Waals surface area contributed by atoms with Gasteiger partial charge in [-0.1, -0.05) is 176 Å². The fraction of sp³-hybridized carbons (Fsp3) is 0.0169. The first-order valence-electron chi connectivity index (χ1n) is 21.1. The summed E-state index contributed by atoms with van der Waals surface area (Å²) in [5.41, 5.74) is 16.2. The predicted molar refractivity (Wildman–Crippen MR) is 256 cm³/mol. The zero-order valence-electron chi connectivity index (χ0n) is 33.5. The highest BCUT2D eigenvalue weighted by Gasteiger charge is 2.46. The van der Waals surface area contributed by atoms with Gasteiger partial charge in [0.25, 0.3) is 0 Å². The van der Waals surface area contributed by atoms with E-state index in [9.17, 15) is 0 Å². The van der Waals surface area contributed by atoms with E-state index in [-0.39, 0.29) is 0 Å². The van der Waals surface area contributed by atoms with Crippen LogP contribution in [0.5, 0.6) is 0 Å². The SMILES string of the molecule is c1ccc(-c2ccccc2N(c2ccc3c(c2)C(c2ccccc2)(c2ccccc2)c2cc4ccccc4cc2-3)c2ccc3c(c2)c2ccccc2n3-c2ccccc2)cc1. The molecule has 1 aliphatic carbocycles. The van der Waals surface area contributed by atoms with Crippen molar-refractivity contribution in [2.45, 2.75) is 5.41 Å². The van der Waals surface area contributed by atoms with Gasteiger partial charge in [-0.15, -0.1) is 0 Å². The smallest absolute Gasteiger partial charge is 0.0714 e. The molecule has 0 radical (unpaired) electrons. The molecule has 0 amide bonds. The van der Waals surface area contributed by atoms with Crippen LogP contribution in [0.4, 0.5) is 17.1 Å². The number of anilines is 3. The van der Waals surface area contributed by atoms with Crippen molar-refractivity contribution in [1.29, 1.82) is 0 Å². The molecule has 0 saturated carbocycles. The van der Waals surface area contributed by atoms with Gasteiger partial charge in [-0.05, 0) is 116 Å². The molecule has 1 aromatic heterocycles. The van der Waals surface area contributed by atoms with Gasteiger partial charge in [-0.2, -0.15) is 0 Å². The molecule has 0 N–H and O–H groups in total. The summed E-state index contributed by atoms with van der Waals surface area (Å²) in [6.07, 6.45) is 0. The maximum absolute atomic E-state index is 2.49. The highest BCUT2D eigenvalue weighted by molar-refractivity contribution is 6.11. The van der Waals surface area contributed by atoms with E-state index in [1.165, 1.54) is 77.1 Å². The Hall–Kier alpha value is -7.94. The van der Waals surface area contributed by atoms with Crippen LogP contribution >= 0.6 is 0 Å². The Balaban J connectivity index is 1.16. The van der Waals surface area contributed by atoms with Gasteiger partial charge in [-0.25, -0.2) is 0 Å². The molecule has 12 rings (SSSR count). The predicted octanol–water partition coefficient (Wildman–Crippen LogP) is 15.4. The van der Waals surface area contributed by atoms with Gasteiger partial charge in [0.1, 0.15) is 0 Å². The zero-order chi connectivity index (χ0) is 40.3. The molecule has 0 spiro atoms. The molecule has 1 heterocycles. The van der Waals surface area contributed by atoms with Crippen LogP contribution in [0.3, 0.4) is 0 Å². The van der Waals surface area contributed by atoms with Crippen molar-refractivity contribution in [1.82, 2.24) is 4.57 Å². The van der Waals surface area contributed by atoms with E-state index in [2.05, 4.69) is 252 Å². The second-order valence-corrected chi connectivity index (χ2v) is 16.1. The highest BCUT2D eigenvalue weighted by atomic mass is 15.1. The molecule has 0 unspecified atom stereocenters.